The summed E-state index contributed by atoms with van der Waals surface area (Å²) in [7, 11) is 0. The minimum Gasteiger partial charge on any atom is -0.377 e. The monoisotopic (exact) mass is 330 g/mol. The lowest BCUT2D eigenvalue weighted by molar-refractivity contribution is -0.131. The lowest BCUT2D eigenvalue weighted by Gasteiger charge is -2.24. The fraction of sp³-hybridized carbons (Fsp3) is 0.650. The third-order valence-corrected chi connectivity index (χ3v) is 5.13. The van der Waals surface area contributed by atoms with Gasteiger partial charge in [0.2, 0.25) is 5.91 Å². The van der Waals surface area contributed by atoms with Gasteiger partial charge < -0.3 is 9.64 Å². The number of carbonyl (C=O) groups is 1. The molecule has 132 valence electrons. The normalized spacial score (nSPS) is 22.5. The van der Waals surface area contributed by atoms with Crippen molar-refractivity contribution in [2.24, 2.45) is 0 Å². The van der Waals surface area contributed by atoms with Crippen LogP contribution in [0.15, 0.2) is 30.3 Å². The van der Waals surface area contributed by atoms with Crippen LogP contribution in [0.1, 0.15) is 37.7 Å². The van der Waals surface area contributed by atoms with Crippen LogP contribution in [0.3, 0.4) is 0 Å². The number of ether oxygens (including phenoxy) is 1. The van der Waals surface area contributed by atoms with Crippen LogP contribution < -0.4 is 0 Å². The lowest BCUT2D eigenvalue weighted by Crippen LogP contribution is -2.37. The Morgan fingerprint density at radius 2 is 1.96 bits per heavy atom. The molecular weight excluding hydrogens is 300 g/mol. The predicted molar refractivity (Wildman–Crippen MR) is 96.0 cm³/mol. The molecule has 0 spiro atoms. The van der Waals surface area contributed by atoms with E-state index in [0.717, 1.165) is 58.6 Å². The number of rotatable bonds is 6. The van der Waals surface area contributed by atoms with Crippen molar-refractivity contribution in [1.29, 1.82) is 0 Å². The van der Waals surface area contributed by atoms with Gasteiger partial charge in [0.25, 0.3) is 0 Å². The molecule has 0 radical (unpaired) electrons. The van der Waals surface area contributed by atoms with Crippen molar-refractivity contribution in [3.8, 4) is 0 Å². The second kappa shape index (κ2) is 9.19. The van der Waals surface area contributed by atoms with Gasteiger partial charge in [0.05, 0.1) is 6.10 Å². The number of aryl methyl sites for hydroxylation is 1. The standard InChI is InChI=1S/C20H30N2O2/c23-20(11-4-9-18-7-2-1-3-8-18)22-13-6-12-21(14-15-22)17-19-10-5-16-24-19/h1-3,7-8,19H,4-6,9-17H2/t19-/m0/s1. The Bertz CT molecular complexity index is 500. The largest absolute Gasteiger partial charge is 0.377 e. The SMILES string of the molecule is O=C(CCCc1ccccc1)N1CCCN(C[C@@H]2CCCO2)CC1. The molecule has 2 aliphatic heterocycles. The average Bonchev–Trinajstić information content (AvgIpc) is 3.00. The molecule has 0 aromatic heterocycles. The van der Waals surface area contributed by atoms with Crippen LogP contribution in [0, 0.1) is 0 Å². The Kier molecular flexibility index (Phi) is 6.67. The molecule has 2 aliphatic rings. The molecule has 0 unspecified atom stereocenters. The van der Waals surface area contributed by atoms with Gasteiger partial charge in [0.1, 0.15) is 0 Å². The van der Waals surface area contributed by atoms with E-state index < -0.39 is 0 Å². The van der Waals surface area contributed by atoms with Gasteiger partial charge in [-0.3, -0.25) is 9.69 Å². The van der Waals surface area contributed by atoms with Crippen molar-refractivity contribution >= 4 is 5.91 Å². The second-order valence-electron chi connectivity index (χ2n) is 7.01. The number of hydrogen-bond donors (Lipinski definition) is 0. The van der Waals surface area contributed by atoms with Crippen molar-refractivity contribution in [2.45, 2.75) is 44.6 Å². The minimum absolute atomic E-state index is 0.324. The molecule has 1 amide bonds. The van der Waals surface area contributed by atoms with Gasteiger partial charge in [-0.05, 0) is 44.2 Å². The summed E-state index contributed by atoms with van der Waals surface area (Å²) < 4.78 is 5.74. The Labute approximate surface area is 145 Å². The molecule has 0 saturated carbocycles. The molecule has 1 aromatic carbocycles. The van der Waals surface area contributed by atoms with Gasteiger partial charge in [-0.25, -0.2) is 0 Å². The summed E-state index contributed by atoms with van der Waals surface area (Å²) in [5.41, 5.74) is 1.32. The van der Waals surface area contributed by atoms with Crippen molar-refractivity contribution in [1.82, 2.24) is 9.80 Å². The lowest BCUT2D eigenvalue weighted by atomic mass is 10.1. The average molecular weight is 330 g/mol. The van der Waals surface area contributed by atoms with Crippen molar-refractivity contribution in [3.63, 3.8) is 0 Å². The molecule has 2 fully saturated rings. The first-order valence-corrected chi connectivity index (χ1v) is 9.47. The van der Waals surface area contributed by atoms with Crippen LogP contribution in [0.2, 0.25) is 0 Å². The Balaban J connectivity index is 1.37. The summed E-state index contributed by atoms with van der Waals surface area (Å²) in [4.78, 5) is 17.0. The van der Waals surface area contributed by atoms with Crippen molar-refractivity contribution in [3.05, 3.63) is 35.9 Å². The van der Waals surface area contributed by atoms with Crippen LogP contribution in [-0.4, -0.2) is 61.1 Å². The highest BCUT2D eigenvalue weighted by Crippen LogP contribution is 2.15. The topological polar surface area (TPSA) is 32.8 Å². The van der Waals surface area contributed by atoms with Crippen LogP contribution in [0.25, 0.3) is 0 Å². The maximum absolute atomic E-state index is 12.5. The first kappa shape index (κ1) is 17.4. The fourth-order valence-corrected chi connectivity index (χ4v) is 3.73. The van der Waals surface area contributed by atoms with Gasteiger partial charge in [0.15, 0.2) is 0 Å². The second-order valence-corrected chi connectivity index (χ2v) is 7.01. The molecule has 0 bridgehead atoms. The summed E-state index contributed by atoms with van der Waals surface area (Å²) in [6.07, 6.45) is 6.49. The quantitative estimate of drug-likeness (QED) is 0.804. The molecule has 2 heterocycles. The number of amides is 1. The van der Waals surface area contributed by atoms with Crippen LogP contribution in [0.5, 0.6) is 0 Å². The highest BCUT2D eigenvalue weighted by atomic mass is 16.5. The van der Waals surface area contributed by atoms with Gasteiger partial charge in [-0.1, -0.05) is 30.3 Å². The van der Waals surface area contributed by atoms with Gasteiger partial charge in [0, 0.05) is 39.2 Å². The molecule has 4 heteroatoms. The smallest absolute Gasteiger partial charge is 0.222 e. The Morgan fingerprint density at radius 3 is 2.75 bits per heavy atom. The maximum Gasteiger partial charge on any atom is 0.222 e. The van der Waals surface area contributed by atoms with Gasteiger partial charge >= 0.3 is 0 Å². The Hall–Kier alpha value is -1.39. The van der Waals surface area contributed by atoms with Crippen LogP contribution >= 0.6 is 0 Å². The molecule has 4 nitrogen and oxygen atoms in total. The van der Waals surface area contributed by atoms with Crippen molar-refractivity contribution < 1.29 is 9.53 Å². The summed E-state index contributed by atoms with van der Waals surface area (Å²) in [5.74, 6) is 0.324. The summed E-state index contributed by atoms with van der Waals surface area (Å²) in [6, 6.07) is 10.4. The summed E-state index contributed by atoms with van der Waals surface area (Å²) >= 11 is 0. The first-order chi connectivity index (χ1) is 11.8. The minimum atomic E-state index is 0.324. The summed E-state index contributed by atoms with van der Waals surface area (Å²) in [6.45, 7) is 5.82. The van der Waals surface area contributed by atoms with Crippen LogP contribution in [0.4, 0.5) is 0 Å². The third kappa shape index (κ3) is 5.32. The third-order valence-electron chi connectivity index (χ3n) is 5.13. The van der Waals surface area contributed by atoms with E-state index in [9.17, 15) is 4.79 Å². The molecule has 0 N–H and O–H groups in total. The molecule has 1 atom stereocenters. The summed E-state index contributed by atoms with van der Waals surface area (Å²) in [5, 5.41) is 0. The van der Waals surface area contributed by atoms with Gasteiger partial charge in [-0.15, -0.1) is 0 Å². The van der Waals surface area contributed by atoms with Gasteiger partial charge in [-0.2, -0.15) is 0 Å². The molecule has 1 aromatic rings. The predicted octanol–water partition coefficient (Wildman–Crippen LogP) is 2.72. The molecule has 24 heavy (non-hydrogen) atoms. The van der Waals surface area contributed by atoms with Crippen molar-refractivity contribution in [2.75, 3.05) is 39.3 Å². The van der Waals surface area contributed by atoms with E-state index in [0.29, 0.717) is 18.4 Å². The van der Waals surface area contributed by atoms with E-state index in [-0.39, 0.29) is 0 Å². The van der Waals surface area contributed by atoms with E-state index in [1.807, 2.05) is 6.07 Å². The Morgan fingerprint density at radius 1 is 1.08 bits per heavy atom. The van der Waals surface area contributed by atoms with E-state index in [1.165, 1.54) is 18.4 Å². The number of benzene rings is 1. The zero-order valence-electron chi connectivity index (χ0n) is 14.7. The van der Waals surface area contributed by atoms with E-state index in [2.05, 4.69) is 34.1 Å². The zero-order valence-corrected chi connectivity index (χ0v) is 14.7. The van der Waals surface area contributed by atoms with Crippen LogP contribution in [-0.2, 0) is 16.0 Å². The maximum atomic E-state index is 12.5. The highest BCUT2D eigenvalue weighted by molar-refractivity contribution is 5.76. The fourth-order valence-electron chi connectivity index (χ4n) is 3.73. The number of carbonyl (C=O) groups excluding carboxylic acids is 1. The molecule has 2 saturated heterocycles. The highest BCUT2D eigenvalue weighted by Gasteiger charge is 2.23. The molecular formula is C20H30N2O2. The number of nitrogens with zero attached hydrogens (tertiary/aromatic N) is 2. The van der Waals surface area contributed by atoms with E-state index in [1.54, 1.807) is 0 Å². The zero-order chi connectivity index (χ0) is 16.6. The molecule has 0 aliphatic carbocycles. The van der Waals surface area contributed by atoms with E-state index in [4.69, 9.17) is 4.74 Å². The number of hydrogen-bond acceptors (Lipinski definition) is 3. The molecule has 3 rings (SSSR count). The first-order valence-electron chi connectivity index (χ1n) is 9.47. The van der Waals surface area contributed by atoms with E-state index >= 15 is 0 Å².